The van der Waals surface area contributed by atoms with Gasteiger partial charge in [0.2, 0.25) is 5.91 Å². The summed E-state index contributed by atoms with van der Waals surface area (Å²) in [4.78, 5) is 11.4. The van der Waals surface area contributed by atoms with Crippen molar-refractivity contribution in [1.82, 2.24) is 9.78 Å². The van der Waals surface area contributed by atoms with E-state index in [9.17, 15) is 4.79 Å². The van der Waals surface area contributed by atoms with Gasteiger partial charge < -0.3 is 11.1 Å². The van der Waals surface area contributed by atoms with E-state index in [0.29, 0.717) is 6.42 Å². The van der Waals surface area contributed by atoms with Gasteiger partial charge in [-0.2, -0.15) is 5.10 Å². The van der Waals surface area contributed by atoms with Crippen molar-refractivity contribution in [2.75, 3.05) is 5.32 Å². The fraction of sp³-hybridized carbons (Fsp3) is 0.375. The zero-order valence-electron chi connectivity index (χ0n) is 13.0. The topological polar surface area (TPSA) is 72.9 Å². The smallest absolute Gasteiger partial charge is 0.239 e. The van der Waals surface area contributed by atoms with Gasteiger partial charge in [0.25, 0.3) is 0 Å². The maximum atomic E-state index is 11.4. The van der Waals surface area contributed by atoms with Crippen LogP contribution in [0.3, 0.4) is 0 Å². The number of nitrogens with two attached hydrogens (primary N) is 1. The standard InChI is InChI=1S/C16H22N4O/c1-5-13(16(17)21)19-14-9-18-20(12(14)4)15-8-10(2)6-7-11(15)3/h6-9,13,19H,5H2,1-4H3,(H2,17,21)/t13-/m1/s1. The lowest BCUT2D eigenvalue weighted by Crippen LogP contribution is -2.34. The van der Waals surface area contributed by atoms with Gasteiger partial charge in [-0.3, -0.25) is 4.79 Å². The second-order valence-electron chi connectivity index (χ2n) is 5.35. The molecule has 0 aliphatic heterocycles. The van der Waals surface area contributed by atoms with Crippen LogP contribution in [0.2, 0.25) is 0 Å². The summed E-state index contributed by atoms with van der Waals surface area (Å²) in [5, 5.41) is 7.60. The molecule has 1 aromatic carbocycles. The highest BCUT2D eigenvalue weighted by molar-refractivity contribution is 5.83. The lowest BCUT2D eigenvalue weighted by atomic mass is 10.1. The van der Waals surface area contributed by atoms with E-state index in [4.69, 9.17) is 5.73 Å². The summed E-state index contributed by atoms with van der Waals surface area (Å²) >= 11 is 0. The van der Waals surface area contributed by atoms with Crippen LogP contribution in [0.15, 0.2) is 24.4 Å². The molecule has 0 fully saturated rings. The molecule has 1 atom stereocenters. The molecule has 1 aromatic heterocycles. The van der Waals surface area contributed by atoms with Crippen molar-refractivity contribution in [2.24, 2.45) is 5.73 Å². The van der Waals surface area contributed by atoms with Crippen molar-refractivity contribution < 1.29 is 4.79 Å². The largest absolute Gasteiger partial charge is 0.371 e. The first-order chi connectivity index (χ1) is 9.93. The van der Waals surface area contributed by atoms with Crippen LogP contribution in [0, 0.1) is 20.8 Å². The second kappa shape index (κ2) is 5.99. The fourth-order valence-electron chi connectivity index (χ4n) is 2.30. The Bertz CT molecular complexity index is 660. The fourth-order valence-corrected chi connectivity index (χ4v) is 2.30. The normalized spacial score (nSPS) is 12.2. The number of anilines is 1. The number of rotatable bonds is 5. The summed E-state index contributed by atoms with van der Waals surface area (Å²) in [6, 6.07) is 5.89. The highest BCUT2D eigenvalue weighted by Crippen LogP contribution is 2.22. The molecule has 0 saturated carbocycles. The molecular formula is C16H22N4O. The van der Waals surface area contributed by atoms with Crippen molar-refractivity contribution in [3.63, 3.8) is 0 Å². The third kappa shape index (κ3) is 3.07. The Morgan fingerprint density at radius 3 is 2.71 bits per heavy atom. The van der Waals surface area contributed by atoms with Gasteiger partial charge in [-0.15, -0.1) is 0 Å². The molecule has 0 spiro atoms. The van der Waals surface area contributed by atoms with E-state index in [-0.39, 0.29) is 11.9 Å². The first kappa shape index (κ1) is 15.1. The summed E-state index contributed by atoms with van der Waals surface area (Å²) in [6.07, 6.45) is 2.38. The van der Waals surface area contributed by atoms with Gasteiger partial charge in [0.15, 0.2) is 0 Å². The molecule has 0 aliphatic carbocycles. The molecule has 0 radical (unpaired) electrons. The number of carbonyl (C=O) groups excluding carboxylic acids is 1. The van der Waals surface area contributed by atoms with E-state index in [1.165, 1.54) is 5.56 Å². The van der Waals surface area contributed by atoms with Crippen LogP contribution in [0.25, 0.3) is 5.69 Å². The van der Waals surface area contributed by atoms with Gasteiger partial charge in [-0.25, -0.2) is 4.68 Å². The Kier molecular flexibility index (Phi) is 4.31. The molecule has 21 heavy (non-hydrogen) atoms. The van der Waals surface area contributed by atoms with Gasteiger partial charge in [0.1, 0.15) is 6.04 Å². The number of amides is 1. The Balaban J connectivity index is 2.36. The van der Waals surface area contributed by atoms with E-state index in [0.717, 1.165) is 22.6 Å². The Hall–Kier alpha value is -2.30. The Morgan fingerprint density at radius 2 is 2.10 bits per heavy atom. The number of nitrogens with one attached hydrogen (secondary N) is 1. The van der Waals surface area contributed by atoms with E-state index in [2.05, 4.69) is 42.5 Å². The zero-order valence-corrected chi connectivity index (χ0v) is 13.0. The zero-order chi connectivity index (χ0) is 15.6. The lowest BCUT2D eigenvalue weighted by molar-refractivity contribution is -0.118. The maximum absolute atomic E-state index is 11.4. The summed E-state index contributed by atoms with van der Waals surface area (Å²) < 4.78 is 1.89. The van der Waals surface area contributed by atoms with E-state index >= 15 is 0 Å². The summed E-state index contributed by atoms with van der Waals surface area (Å²) in [6.45, 7) is 8.01. The number of primary amides is 1. The SMILES string of the molecule is CC[C@@H](Nc1cnn(-c2cc(C)ccc2C)c1C)C(N)=O. The van der Waals surface area contributed by atoms with Crippen LogP contribution in [0.1, 0.15) is 30.2 Å². The molecule has 5 heteroatoms. The first-order valence-corrected chi connectivity index (χ1v) is 7.12. The quantitative estimate of drug-likeness (QED) is 0.887. The van der Waals surface area contributed by atoms with Crippen molar-refractivity contribution in [2.45, 2.75) is 40.2 Å². The van der Waals surface area contributed by atoms with Crippen LogP contribution in [-0.2, 0) is 4.79 Å². The van der Waals surface area contributed by atoms with Gasteiger partial charge in [-0.05, 0) is 44.4 Å². The Labute approximate surface area is 125 Å². The third-order valence-electron chi connectivity index (χ3n) is 3.68. The molecule has 2 aromatic rings. The maximum Gasteiger partial charge on any atom is 0.239 e. The highest BCUT2D eigenvalue weighted by Gasteiger charge is 2.16. The van der Waals surface area contributed by atoms with Crippen molar-refractivity contribution in [1.29, 1.82) is 0 Å². The number of aromatic nitrogens is 2. The van der Waals surface area contributed by atoms with Crippen LogP contribution < -0.4 is 11.1 Å². The molecule has 112 valence electrons. The first-order valence-electron chi connectivity index (χ1n) is 7.12. The van der Waals surface area contributed by atoms with E-state index in [1.807, 2.05) is 18.5 Å². The minimum atomic E-state index is -0.375. The van der Waals surface area contributed by atoms with Crippen LogP contribution in [0.5, 0.6) is 0 Å². The van der Waals surface area contributed by atoms with Gasteiger partial charge in [0, 0.05) is 0 Å². The third-order valence-corrected chi connectivity index (χ3v) is 3.68. The molecule has 1 amide bonds. The van der Waals surface area contributed by atoms with Gasteiger partial charge >= 0.3 is 0 Å². The van der Waals surface area contributed by atoms with Crippen LogP contribution >= 0.6 is 0 Å². The second-order valence-corrected chi connectivity index (χ2v) is 5.35. The molecule has 3 N–H and O–H groups in total. The molecule has 0 saturated heterocycles. The number of carbonyl (C=O) groups is 1. The molecule has 2 rings (SSSR count). The molecule has 0 unspecified atom stereocenters. The molecule has 1 heterocycles. The lowest BCUT2D eigenvalue weighted by Gasteiger charge is -2.15. The summed E-state index contributed by atoms with van der Waals surface area (Å²) in [7, 11) is 0. The molecule has 0 aliphatic rings. The predicted octanol–water partition coefficient (Wildman–Crippen LogP) is 2.47. The van der Waals surface area contributed by atoms with Crippen LogP contribution in [0.4, 0.5) is 5.69 Å². The minimum absolute atomic E-state index is 0.351. The van der Waals surface area contributed by atoms with Gasteiger partial charge in [0.05, 0.1) is 23.3 Å². The number of benzene rings is 1. The minimum Gasteiger partial charge on any atom is -0.371 e. The van der Waals surface area contributed by atoms with Gasteiger partial charge in [-0.1, -0.05) is 19.1 Å². The van der Waals surface area contributed by atoms with Crippen molar-refractivity contribution >= 4 is 11.6 Å². The number of hydrogen-bond donors (Lipinski definition) is 2. The van der Waals surface area contributed by atoms with E-state index in [1.54, 1.807) is 6.20 Å². The van der Waals surface area contributed by atoms with Crippen molar-refractivity contribution in [3.8, 4) is 5.69 Å². The number of aryl methyl sites for hydroxylation is 2. The molecular weight excluding hydrogens is 264 g/mol. The number of nitrogens with zero attached hydrogens (tertiary/aromatic N) is 2. The highest BCUT2D eigenvalue weighted by atomic mass is 16.1. The molecule has 0 bridgehead atoms. The van der Waals surface area contributed by atoms with Crippen LogP contribution in [-0.4, -0.2) is 21.7 Å². The Morgan fingerprint density at radius 1 is 1.38 bits per heavy atom. The molecule has 5 nitrogen and oxygen atoms in total. The predicted molar refractivity (Wildman–Crippen MR) is 84.7 cm³/mol. The average Bonchev–Trinajstić information content (AvgIpc) is 2.79. The monoisotopic (exact) mass is 286 g/mol. The van der Waals surface area contributed by atoms with Crippen molar-refractivity contribution in [3.05, 3.63) is 41.2 Å². The summed E-state index contributed by atoms with van der Waals surface area (Å²) in [5.74, 6) is -0.351. The van der Waals surface area contributed by atoms with E-state index < -0.39 is 0 Å². The average molecular weight is 286 g/mol. The number of hydrogen-bond acceptors (Lipinski definition) is 3. The summed E-state index contributed by atoms with van der Waals surface area (Å²) in [5.41, 5.74) is 10.6.